The molecule has 0 spiro atoms. The number of hydrogen-bond donors (Lipinski definition) is 2. The van der Waals surface area contributed by atoms with Crippen LogP contribution in [0.2, 0.25) is 0 Å². The molecule has 0 aromatic heterocycles. The molecule has 32 heavy (non-hydrogen) atoms. The van der Waals surface area contributed by atoms with E-state index in [-0.39, 0.29) is 22.7 Å². The van der Waals surface area contributed by atoms with Gasteiger partial charge in [-0.15, -0.1) is 0 Å². The molecule has 2 aromatic rings. The minimum Gasteiger partial charge on any atom is -0.505 e. The Morgan fingerprint density at radius 2 is 1.75 bits per heavy atom. The first kappa shape index (κ1) is 22.3. The number of ether oxygens (including phenoxy) is 2. The number of phenols is 1. The van der Waals surface area contributed by atoms with Gasteiger partial charge in [-0.3, -0.25) is 4.90 Å². The summed E-state index contributed by atoms with van der Waals surface area (Å²) in [6.07, 6.45) is 0. The largest absolute Gasteiger partial charge is 0.505 e. The van der Waals surface area contributed by atoms with Crippen molar-refractivity contribution in [3.8, 4) is 11.8 Å². The number of halogens is 2. The van der Waals surface area contributed by atoms with E-state index >= 15 is 0 Å². The van der Waals surface area contributed by atoms with Gasteiger partial charge in [0.2, 0.25) is 0 Å². The second-order valence-corrected chi connectivity index (χ2v) is 6.60. The highest BCUT2D eigenvalue weighted by Gasteiger charge is 2.43. The zero-order valence-electron chi connectivity index (χ0n) is 16.9. The van der Waals surface area contributed by atoms with Crippen LogP contribution in [0.4, 0.5) is 14.5 Å². The molecule has 0 fully saturated rings. The summed E-state index contributed by atoms with van der Waals surface area (Å²) in [6, 6.07) is 11.6. The van der Waals surface area contributed by atoms with Gasteiger partial charge in [0.1, 0.15) is 11.5 Å². The number of carbonyl (C=O) groups is 2. The summed E-state index contributed by atoms with van der Waals surface area (Å²) in [5, 5.41) is 19.6. The fraction of sp³-hybridized carbons (Fsp3) is 0.136. The normalized spacial score (nSPS) is 16.0. The zero-order chi connectivity index (χ0) is 23.6. The van der Waals surface area contributed by atoms with Gasteiger partial charge in [0.15, 0.2) is 17.4 Å². The summed E-state index contributed by atoms with van der Waals surface area (Å²) < 4.78 is 37.4. The highest BCUT2D eigenvalue weighted by molar-refractivity contribution is 6.06. The molecule has 3 rings (SSSR count). The Morgan fingerprint density at radius 1 is 1.12 bits per heavy atom. The number of nitrogens with two attached hydrogens (primary N) is 1. The molecule has 0 saturated heterocycles. The Balaban J connectivity index is 2.44. The lowest BCUT2D eigenvalue weighted by atomic mass is 9.81. The van der Waals surface area contributed by atoms with Crippen molar-refractivity contribution in [3.05, 3.63) is 82.3 Å². The van der Waals surface area contributed by atoms with Crippen molar-refractivity contribution >= 4 is 17.6 Å². The molecule has 0 bridgehead atoms. The molecular weight excluding hydrogens is 424 g/mol. The van der Waals surface area contributed by atoms with Gasteiger partial charge in [0, 0.05) is 12.1 Å². The molecule has 1 aliphatic rings. The summed E-state index contributed by atoms with van der Waals surface area (Å²) >= 11 is 0. The molecule has 0 radical (unpaired) electrons. The number of allylic oxidation sites excluding steroid dienone is 1. The smallest absolute Gasteiger partial charge is 0.355 e. The number of nitriles is 1. The quantitative estimate of drug-likeness (QED) is 0.694. The molecule has 10 heteroatoms. The summed E-state index contributed by atoms with van der Waals surface area (Å²) in [6.45, 7) is 0. The third-order valence-corrected chi connectivity index (χ3v) is 4.86. The Kier molecular flexibility index (Phi) is 6.11. The first-order valence-corrected chi connectivity index (χ1v) is 9.10. The second-order valence-electron chi connectivity index (χ2n) is 6.60. The van der Waals surface area contributed by atoms with E-state index in [1.165, 1.54) is 0 Å². The maximum Gasteiger partial charge on any atom is 0.355 e. The van der Waals surface area contributed by atoms with Gasteiger partial charge in [-0.1, -0.05) is 30.3 Å². The first-order valence-electron chi connectivity index (χ1n) is 9.10. The summed E-state index contributed by atoms with van der Waals surface area (Å²) in [5.41, 5.74) is 5.40. The molecule has 164 valence electrons. The average Bonchev–Trinajstić information content (AvgIpc) is 2.80. The van der Waals surface area contributed by atoms with Gasteiger partial charge in [0.05, 0.1) is 43.0 Å². The Labute approximate surface area is 181 Å². The number of methoxy groups -OCH3 is 2. The molecule has 1 heterocycles. The Morgan fingerprint density at radius 3 is 2.28 bits per heavy atom. The maximum atomic E-state index is 14.1. The van der Waals surface area contributed by atoms with E-state index in [0.717, 1.165) is 25.2 Å². The maximum absolute atomic E-state index is 14.1. The van der Waals surface area contributed by atoms with E-state index in [0.29, 0.717) is 11.6 Å². The molecule has 1 atom stereocenters. The third kappa shape index (κ3) is 3.60. The highest BCUT2D eigenvalue weighted by atomic mass is 19.2. The van der Waals surface area contributed by atoms with Crippen molar-refractivity contribution in [1.29, 1.82) is 5.26 Å². The molecule has 8 nitrogen and oxygen atoms in total. The van der Waals surface area contributed by atoms with Crippen LogP contribution in [0.25, 0.3) is 0 Å². The number of aromatic hydroxyl groups is 1. The number of carbonyl (C=O) groups excluding carboxylic acids is 2. The number of phenolic OH excluding ortho intramolecular Hbond substituents is 1. The number of nitrogens with zero attached hydrogens (tertiary/aromatic N) is 2. The van der Waals surface area contributed by atoms with Crippen LogP contribution in [-0.4, -0.2) is 31.3 Å². The van der Waals surface area contributed by atoms with Crippen LogP contribution in [0, 0.1) is 23.0 Å². The number of esters is 2. The SMILES string of the molecule is COC(=O)C1=C(C(=O)OC)N(c2cc(O)c(F)c(F)c2)C(N)=C(C#N)C1c1ccccc1. The van der Waals surface area contributed by atoms with E-state index in [2.05, 4.69) is 0 Å². The van der Waals surface area contributed by atoms with E-state index in [1.807, 2.05) is 6.07 Å². The molecule has 1 unspecified atom stereocenters. The van der Waals surface area contributed by atoms with Gasteiger partial charge in [-0.25, -0.2) is 14.0 Å². The predicted octanol–water partition coefficient (Wildman–Crippen LogP) is 2.57. The van der Waals surface area contributed by atoms with E-state index in [4.69, 9.17) is 15.2 Å². The number of benzene rings is 2. The fourth-order valence-electron chi connectivity index (χ4n) is 3.47. The molecule has 0 saturated carbocycles. The fourth-order valence-corrected chi connectivity index (χ4v) is 3.47. The van der Waals surface area contributed by atoms with Crippen molar-refractivity contribution in [2.45, 2.75) is 5.92 Å². The van der Waals surface area contributed by atoms with Gasteiger partial charge in [0.25, 0.3) is 0 Å². The van der Waals surface area contributed by atoms with Crippen molar-refractivity contribution < 1.29 is 33.0 Å². The third-order valence-electron chi connectivity index (χ3n) is 4.86. The Hall–Kier alpha value is -4.39. The molecule has 0 amide bonds. The Bertz CT molecular complexity index is 1180. The van der Waals surface area contributed by atoms with Crippen LogP contribution in [0.3, 0.4) is 0 Å². The topological polar surface area (TPSA) is 126 Å². The summed E-state index contributed by atoms with van der Waals surface area (Å²) in [5.74, 6) is -7.53. The molecule has 0 aliphatic carbocycles. The second kappa shape index (κ2) is 8.77. The van der Waals surface area contributed by atoms with Crippen molar-refractivity contribution in [1.82, 2.24) is 0 Å². The number of anilines is 1. The predicted molar refractivity (Wildman–Crippen MR) is 108 cm³/mol. The van der Waals surface area contributed by atoms with Gasteiger partial charge in [-0.2, -0.15) is 9.65 Å². The van der Waals surface area contributed by atoms with E-state index in [1.54, 1.807) is 30.3 Å². The molecule has 1 aliphatic heterocycles. The van der Waals surface area contributed by atoms with Crippen molar-refractivity contribution in [3.63, 3.8) is 0 Å². The first-order chi connectivity index (χ1) is 15.3. The van der Waals surface area contributed by atoms with Gasteiger partial charge >= 0.3 is 11.9 Å². The lowest BCUT2D eigenvalue weighted by Gasteiger charge is -2.35. The van der Waals surface area contributed by atoms with Crippen LogP contribution in [0.1, 0.15) is 11.5 Å². The molecular formula is C22H17F2N3O5. The number of rotatable bonds is 4. The lowest BCUT2D eigenvalue weighted by Crippen LogP contribution is -2.40. The number of hydrogen-bond acceptors (Lipinski definition) is 8. The van der Waals surface area contributed by atoms with Gasteiger partial charge < -0.3 is 20.3 Å². The molecule has 3 N–H and O–H groups in total. The van der Waals surface area contributed by atoms with Gasteiger partial charge in [-0.05, 0) is 5.56 Å². The zero-order valence-corrected chi connectivity index (χ0v) is 16.9. The van der Waals surface area contributed by atoms with Crippen LogP contribution in [0.5, 0.6) is 5.75 Å². The standard InChI is InChI=1S/C22H17F2N3O5/c1-31-21(29)17-16(11-6-4-3-5-7-11)13(10-25)20(26)27(19(17)22(30)32-2)12-8-14(23)18(24)15(28)9-12/h3-9,16,28H,26H2,1-2H3. The molecule has 2 aromatic carbocycles. The van der Waals surface area contributed by atoms with Crippen LogP contribution in [0.15, 0.2) is 65.1 Å². The van der Waals surface area contributed by atoms with Crippen molar-refractivity contribution in [2.24, 2.45) is 5.73 Å². The van der Waals surface area contributed by atoms with Crippen molar-refractivity contribution in [2.75, 3.05) is 19.1 Å². The summed E-state index contributed by atoms with van der Waals surface area (Å²) in [7, 11) is 2.12. The van der Waals surface area contributed by atoms with Crippen LogP contribution >= 0.6 is 0 Å². The summed E-state index contributed by atoms with van der Waals surface area (Å²) in [4.78, 5) is 26.5. The van der Waals surface area contributed by atoms with Crippen LogP contribution in [-0.2, 0) is 19.1 Å². The monoisotopic (exact) mass is 441 g/mol. The van der Waals surface area contributed by atoms with Crippen LogP contribution < -0.4 is 10.6 Å². The lowest BCUT2D eigenvalue weighted by molar-refractivity contribution is -0.139. The minimum absolute atomic E-state index is 0.159. The van der Waals surface area contributed by atoms with E-state index in [9.17, 15) is 28.7 Å². The van der Waals surface area contributed by atoms with E-state index < -0.39 is 40.9 Å². The average molecular weight is 441 g/mol. The highest BCUT2D eigenvalue weighted by Crippen LogP contribution is 2.43. The minimum atomic E-state index is -1.52.